The van der Waals surface area contributed by atoms with Gasteiger partial charge in [0.2, 0.25) is 5.91 Å². The second-order valence-electron chi connectivity index (χ2n) is 8.21. The Bertz CT molecular complexity index is 1140. The molecule has 2 saturated carbocycles. The molecule has 4 rings (SSSR count). The quantitative estimate of drug-likeness (QED) is 0.523. The number of hydrogen-bond acceptors (Lipinski definition) is 4. The number of carboxylic acid groups (broad SMARTS) is 1. The van der Waals surface area contributed by atoms with Crippen LogP contribution in [0.1, 0.15) is 53.6 Å². The molecule has 0 unspecified atom stereocenters. The van der Waals surface area contributed by atoms with E-state index in [9.17, 15) is 19.1 Å². The van der Waals surface area contributed by atoms with E-state index < -0.39 is 17.2 Å². The summed E-state index contributed by atoms with van der Waals surface area (Å²) in [5.74, 6) is -2.07. The number of halogens is 2. The molecular weight excluding hydrogens is 433 g/mol. The first-order chi connectivity index (χ1) is 15.3. The summed E-state index contributed by atoms with van der Waals surface area (Å²) in [6, 6.07) is 9.09. The minimum absolute atomic E-state index is 0.0120. The van der Waals surface area contributed by atoms with Gasteiger partial charge in [-0.25, -0.2) is 9.18 Å². The molecule has 2 fully saturated rings. The van der Waals surface area contributed by atoms with Crippen molar-refractivity contribution in [3.63, 3.8) is 0 Å². The smallest absolute Gasteiger partial charge is 0.336 e. The topological polar surface area (TPSA) is 105 Å². The van der Waals surface area contributed by atoms with Crippen LogP contribution in [-0.2, 0) is 10.2 Å². The number of nitrogens with two attached hydrogens (primary N) is 1. The highest BCUT2D eigenvalue weighted by atomic mass is 35.5. The van der Waals surface area contributed by atoms with E-state index in [1.54, 1.807) is 24.4 Å². The van der Waals surface area contributed by atoms with Crippen molar-refractivity contribution >= 4 is 41.0 Å². The number of aromatic carboxylic acids is 1. The van der Waals surface area contributed by atoms with Gasteiger partial charge in [-0.2, -0.15) is 0 Å². The van der Waals surface area contributed by atoms with Crippen LogP contribution in [0, 0.1) is 5.82 Å². The Kier molecular flexibility index (Phi) is 6.02. The largest absolute Gasteiger partial charge is 0.478 e. The van der Waals surface area contributed by atoms with Crippen molar-refractivity contribution in [2.75, 3.05) is 5.32 Å². The van der Waals surface area contributed by atoms with Gasteiger partial charge in [-0.15, -0.1) is 0 Å². The van der Waals surface area contributed by atoms with E-state index in [1.165, 1.54) is 24.4 Å². The maximum Gasteiger partial charge on any atom is 0.336 e. The maximum absolute atomic E-state index is 14.4. The molecule has 8 heteroatoms. The van der Waals surface area contributed by atoms with Crippen LogP contribution in [0.3, 0.4) is 0 Å². The molecule has 0 atom stereocenters. The summed E-state index contributed by atoms with van der Waals surface area (Å²) >= 11 is 5.83. The molecule has 166 valence electrons. The standard InChI is InChI=1S/C24H23ClFN3O3/c25-15-4-7-20(21(26)10-15)24(8-9-24)23(32)29-17-5-6-18(19(11-17)22(30)31)14(12-27)13-28-16-2-1-3-16/h4-7,10-13,16H,1-3,8-9,27H2,(H,29,32)(H,30,31). The zero-order valence-electron chi connectivity index (χ0n) is 17.3. The number of rotatable bonds is 7. The maximum atomic E-state index is 14.4. The minimum atomic E-state index is -1.16. The van der Waals surface area contributed by atoms with E-state index in [4.69, 9.17) is 17.3 Å². The molecule has 2 aromatic carbocycles. The molecule has 4 N–H and O–H groups in total. The van der Waals surface area contributed by atoms with Crippen molar-refractivity contribution in [2.45, 2.75) is 43.6 Å². The summed E-state index contributed by atoms with van der Waals surface area (Å²) in [4.78, 5) is 29.4. The molecule has 6 nitrogen and oxygen atoms in total. The molecule has 32 heavy (non-hydrogen) atoms. The number of nitrogens with one attached hydrogen (secondary N) is 1. The highest BCUT2D eigenvalue weighted by Crippen LogP contribution is 2.50. The molecule has 0 saturated heterocycles. The zero-order chi connectivity index (χ0) is 22.9. The van der Waals surface area contributed by atoms with Gasteiger partial charge in [-0.1, -0.05) is 23.7 Å². The fraction of sp³-hybridized carbons (Fsp3) is 0.292. The Labute approximate surface area is 190 Å². The Morgan fingerprint density at radius 2 is 1.94 bits per heavy atom. The third kappa shape index (κ3) is 4.25. The van der Waals surface area contributed by atoms with Crippen molar-refractivity contribution in [1.82, 2.24) is 0 Å². The first-order valence-corrected chi connectivity index (χ1v) is 10.8. The van der Waals surface area contributed by atoms with Crippen LogP contribution in [0.2, 0.25) is 5.02 Å². The van der Waals surface area contributed by atoms with E-state index in [0.29, 0.717) is 29.7 Å². The van der Waals surface area contributed by atoms with Gasteiger partial charge in [0.25, 0.3) is 0 Å². The molecule has 0 radical (unpaired) electrons. The molecule has 1 amide bonds. The summed E-state index contributed by atoms with van der Waals surface area (Å²) in [6.45, 7) is 0. The summed E-state index contributed by atoms with van der Waals surface area (Å²) in [7, 11) is 0. The van der Waals surface area contributed by atoms with Gasteiger partial charge in [0.1, 0.15) is 5.82 Å². The molecule has 2 aromatic rings. The number of aliphatic imine (C=N–C) groups is 1. The average Bonchev–Trinajstić information content (AvgIpc) is 3.52. The van der Waals surface area contributed by atoms with Crippen molar-refractivity contribution in [3.05, 3.63) is 70.1 Å². The fourth-order valence-electron chi connectivity index (χ4n) is 3.85. The van der Waals surface area contributed by atoms with Gasteiger partial charge in [0.05, 0.1) is 11.0 Å². The van der Waals surface area contributed by atoms with Crippen molar-refractivity contribution in [1.29, 1.82) is 0 Å². The Hall–Kier alpha value is -3.19. The molecule has 0 aliphatic heterocycles. The molecule has 0 bridgehead atoms. The number of carbonyl (C=O) groups is 2. The van der Waals surface area contributed by atoms with Gasteiger partial charge in [-0.05, 0) is 61.9 Å². The lowest BCUT2D eigenvalue weighted by molar-refractivity contribution is -0.118. The van der Waals surface area contributed by atoms with Crippen LogP contribution in [0.4, 0.5) is 10.1 Å². The summed E-state index contributed by atoms with van der Waals surface area (Å²) < 4.78 is 14.4. The van der Waals surface area contributed by atoms with E-state index in [2.05, 4.69) is 10.3 Å². The van der Waals surface area contributed by atoms with Gasteiger partial charge in [0.15, 0.2) is 0 Å². The third-order valence-corrected chi connectivity index (χ3v) is 6.36. The first kappa shape index (κ1) is 22.0. The second kappa shape index (κ2) is 8.74. The average molecular weight is 456 g/mol. The van der Waals surface area contributed by atoms with Crippen molar-refractivity contribution in [2.24, 2.45) is 10.7 Å². The van der Waals surface area contributed by atoms with Crippen LogP contribution in [0.15, 0.2) is 47.6 Å². The summed E-state index contributed by atoms with van der Waals surface area (Å²) in [5, 5.41) is 12.7. The fourth-order valence-corrected chi connectivity index (χ4v) is 4.01. The number of nitrogens with zero attached hydrogens (tertiary/aromatic N) is 1. The number of allylic oxidation sites excluding steroid dienone is 1. The number of carbonyl (C=O) groups excluding carboxylic acids is 1. The Morgan fingerprint density at radius 3 is 2.50 bits per heavy atom. The normalized spacial score (nSPS) is 17.8. The molecule has 0 aromatic heterocycles. The van der Waals surface area contributed by atoms with Crippen LogP contribution in [0.25, 0.3) is 5.57 Å². The van der Waals surface area contributed by atoms with Gasteiger partial charge in [0, 0.05) is 40.3 Å². The molecular formula is C24H23ClFN3O3. The lowest BCUT2D eigenvalue weighted by atomic mass is 9.93. The highest BCUT2D eigenvalue weighted by molar-refractivity contribution is 6.30. The predicted octanol–water partition coefficient (Wildman–Crippen LogP) is 4.77. The third-order valence-electron chi connectivity index (χ3n) is 6.13. The van der Waals surface area contributed by atoms with E-state index >= 15 is 0 Å². The lowest BCUT2D eigenvalue weighted by Gasteiger charge is -2.21. The Balaban J connectivity index is 1.58. The lowest BCUT2D eigenvalue weighted by Crippen LogP contribution is -2.28. The van der Waals surface area contributed by atoms with Crippen molar-refractivity contribution < 1.29 is 19.1 Å². The first-order valence-electron chi connectivity index (χ1n) is 10.4. The number of hydrogen-bond donors (Lipinski definition) is 3. The van der Waals surface area contributed by atoms with Gasteiger partial charge >= 0.3 is 5.97 Å². The van der Waals surface area contributed by atoms with E-state index in [1.807, 2.05) is 0 Å². The van der Waals surface area contributed by atoms with Gasteiger partial charge < -0.3 is 16.2 Å². The monoisotopic (exact) mass is 455 g/mol. The van der Waals surface area contributed by atoms with Crippen LogP contribution in [-0.4, -0.2) is 29.2 Å². The molecule has 0 spiro atoms. The summed E-state index contributed by atoms with van der Waals surface area (Å²) in [5.41, 5.74) is 6.24. The molecule has 2 aliphatic carbocycles. The number of anilines is 1. The van der Waals surface area contributed by atoms with Crippen LogP contribution >= 0.6 is 11.6 Å². The Morgan fingerprint density at radius 1 is 1.19 bits per heavy atom. The predicted molar refractivity (Wildman–Crippen MR) is 123 cm³/mol. The number of benzene rings is 2. The zero-order valence-corrected chi connectivity index (χ0v) is 18.0. The number of amides is 1. The van der Waals surface area contributed by atoms with Gasteiger partial charge in [-0.3, -0.25) is 9.79 Å². The highest BCUT2D eigenvalue weighted by Gasteiger charge is 2.52. The van der Waals surface area contributed by atoms with E-state index in [-0.39, 0.29) is 28.1 Å². The summed E-state index contributed by atoms with van der Waals surface area (Å²) in [6.07, 6.45) is 7.09. The van der Waals surface area contributed by atoms with Crippen LogP contribution in [0.5, 0.6) is 0 Å². The van der Waals surface area contributed by atoms with E-state index in [0.717, 1.165) is 19.3 Å². The number of carboxylic acids is 1. The SMILES string of the molecule is NC=C(C=NC1CCC1)c1ccc(NC(=O)C2(c3ccc(Cl)cc3F)CC2)cc1C(=O)O. The molecule has 0 heterocycles. The second-order valence-corrected chi connectivity index (χ2v) is 8.65. The molecule has 2 aliphatic rings. The minimum Gasteiger partial charge on any atom is -0.478 e. The van der Waals surface area contributed by atoms with Crippen molar-refractivity contribution in [3.8, 4) is 0 Å². The van der Waals surface area contributed by atoms with Crippen LogP contribution < -0.4 is 11.1 Å².